The van der Waals surface area contributed by atoms with Crippen molar-refractivity contribution < 1.29 is 42.9 Å². The Morgan fingerprint density at radius 3 is 2.65 bits per heavy atom. The van der Waals surface area contributed by atoms with Crippen molar-refractivity contribution in [2.45, 2.75) is 37.7 Å². The number of carboxylic acids is 1. The molecule has 1 fully saturated rings. The van der Waals surface area contributed by atoms with Crippen molar-refractivity contribution in [2.24, 2.45) is 0 Å². The highest BCUT2D eigenvalue weighted by atomic mass is 31.2. The van der Waals surface area contributed by atoms with Crippen molar-refractivity contribution in [1.82, 2.24) is 25.1 Å². The average Bonchev–Trinajstić information content (AvgIpc) is 3.71. The van der Waals surface area contributed by atoms with Crippen LogP contribution in [0.3, 0.4) is 0 Å². The number of anilines is 2. The molecule has 0 spiro atoms. The predicted octanol–water partition coefficient (Wildman–Crippen LogP) is 2.73. The third-order valence-electron chi connectivity index (χ3n) is 9.71. The van der Waals surface area contributed by atoms with E-state index in [2.05, 4.69) is 27.0 Å². The first-order valence-corrected chi connectivity index (χ1v) is 20.0. The van der Waals surface area contributed by atoms with Gasteiger partial charge in [-0.05, 0) is 60.0 Å². The fourth-order valence-corrected chi connectivity index (χ4v) is 7.89. The molecule has 2 aliphatic rings. The van der Waals surface area contributed by atoms with Crippen LogP contribution in [0.1, 0.15) is 56.6 Å². The second-order valence-corrected chi connectivity index (χ2v) is 15.9. The van der Waals surface area contributed by atoms with E-state index in [1.165, 1.54) is 23.9 Å². The number of hydrogen-bond donors (Lipinski definition) is 5. The zero-order valence-electron chi connectivity index (χ0n) is 31.6. The Bertz CT molecular complexity index is 2640. The number of amides is 1. The van der Waals surface area contributed by atoms with Crippen LogP contribution in [0.25, 0.3) is 23.2 Å². The Hall–Kier alpha value is -5.84. The second-order valence-electron chi connectivity index (χ2n) is 14.1. The van der Waals surface area contributed by atoms with E-state index in [9.17, 15) is 28.9 Å². The fourth-order valence-electron chi connectivity index (χ4n) is 7.16. The number of H-pyrrole nitrogens is 1. The van der Waals surface area contributed by atoms with Gasteiger partial charge in [-0.1, -0.05) is 18.7 Å². The number of ether oxygens (including phenoxy) is 3. The van der Waals surface area contributed by atoms with Crippen molar-refractivity contribution in [3.63, 3.8) is 0 Å². The van der Waals surface area contributed by atoms with Crippen molar-refractivity contribution in [3.8, 4) is 11.5 Å². The van der Waals surface area contributed by atoms with Gasteiger partial charge in [0.1, 0.15) is 29.1 Å². The Balaban J connectivity index is 1.14. The molecule has 4 heterocycles. The van der Waals surface area contributed by atoms with Gasteiger partial charge in [-0.25, -0.2) is 9.48 Å². The van der Waals surface area contributed by atoms with Crippen LogP contribution < -0.4 is 36.7 Å². The number of aromatic carboxylic acids is 1. The molecule has 18 heteroatoms. The molecule has 4 atom stereocenters. The van der Waals surface area contributed by atoms with Crippen LogP contribution in [0.2, 0.25) is 0 Å². The average molecular weight is 800 g/mol. The van der Waals surface area contributed by atoms with E-state index in [1.54, 1.807) is 12.1 Å². The lowest BCUT2D eigenvalue weighted by Crippen LogP contribution is -2.27. The molecule has 0 aliphatic carbocycles. The van der Waals surface area contributed by atoms with Gasteiger partial charge in [-0.3, -0.25) is 19.1 Å². The van der Waals surface area contributed by atoms with Gasteiger partial charge in [0, 0.05) is 74.5 Å². The SMILES string of the molecule is C=c1ccc2c(c1)Oc1cc(N(C)C)ccc1C=2c1cc(C(=O)NCCCc2nn(C3CC(OP(C)(=O)O)C(COC)O3)c3nc(N)[nH]c(=O)c23)ccc1C(=O)O. The van der Waals surface area contributed by atoms with E-state index >= 15 is 0 Å². The minimum atomic E-state index is -3.88. The molecule has 0 bridgehead atoms. The molecule has 7 rings (SSSR count). The van der Waals surface area contributed by atoms with E-state index in [0.29, 0.717) is 45.5 Å². The number of carbonyl (C=O) groups is 2. The zero-order chi connectivity index (χ0) is 40.8. The summed E-state index contributed by atoms with van der Waals surface area (Å²) >= 11 is 0. The number of aromatic nitrogens is 4. The first-order valence-electron chi connectivity index (χ1n) is 18.0. The number of fused-ring (bicyclic) bond motifs is 3. The normalized spacial score (nSPS) is 18.4. The number of aromatic amines is 1. The summed E-state index contributed by atoms with van der Waals surface area (Å²) in [6.45, 7) is 5.36. The molecule has 298 valence electrons. The van der Waals surface area contributed by atoms with Crippen LogP contribution in [-0.4, -0.2) is 94.9 Å². The predicted molar refractivity (Wildman–Crippen MR) is 211 cm³/mol. The monoisotopic (exact) mass is 799 g/mol. The molecule has 1 amide bonds. The van der Waals surface area contributed by atoms with Crippen molar-refractivity contribution in [3.05, 3.63) is 103 Å². The molecule has 6 N–H and O–H groups in total. The highest BCUT2D eigenvalue weighted by Gasteiger charge is 2.41. The lowest BCUT2D eigenvalue weighted by Gasteiger charge is -2.24. The van der Waals surface area contributed by atoms with Gasteiger partial charge >= 0.3 is 13.6 Å². The maximum atomic E-state index is 13.6. The summed E-state index contributed by atoms with van der Waals surface area (Å²) in [4.78, 5) is 58.0. The van der Waals surface area contributed by atoms with Crippen molar-refractivity contribution in [2.75, 3.05) is 51.7 Å². The molecule has 57 heavy (non-hydrogen) atoms. The van der Waals surface area contributed by atoms with E-state index in [0.717, 1.165) is 17.6 Å². The fraction of sp³-hybridized carbons (Fsp3) is 0.308. The largest absolute Gasteiger partial charge is 0.478 e. The van der Waals surface area contributed by atoms with Gasteiger partial charge in [0.15, 0.2) is 11.9 Å². The first-order chi connectivity index (χ1) is 27.1. The van der Waals surface area contributed by atoms with Crippen LogP contribution >= 0.6 is 7.60 Å². The molecule has 1 saturated heterocycles. The molecule has 0 radical (unpaired) electrons. The van der Waals surface area contributed by atoms with E-state index in [4.69, 9.17) is 24.5 Å². The summed E-state index contributed by atoms with van der Waals surface area (Å²) in [6.07, 6.45) is -1.61. The van der Waals surface area contributed by atoms with E-state index in [1.807, 2.05) is 49.3 Å². The van der Waals surface area contributed by atoms with Gasteiger partial charge in [-0.2, -0.15) is 10.1 Å². The van der Waals surface area contributed by atoms with Gasteiger partial charge in [0.25, 0.3) is 11.5 Å². The molecular weight excluding hydrogens is 757 g/mol. The number of nitrogen functional groups attached to an aromatic ring is 1. The lowest BCUT2D eigenvalue weighted by molar-refractivity contribution is -0.0530. The van der Waals surface area contributed by atoms with Crippen LogP contribution in [0, 0.1) is 0 Å². The summed E-state index contributed by atoms with van der Waals surface area (Å²) < 4.78 is 36.5. The first kappa shape index (κ1) is 39.4. The number of carboxylic acid groups (broad SMARTS) is 1. The Kier molecular flexibility index (Phi) is 10.8. The molecule has 4 unspecified atom stereocenters. The summed E-state index contributed by atoms with van der Waals surface area (Å²) in [5.41, 5.74) is 8.65. The van der Waals surface area contributed by atoms with E-state index < -0.39 is 43.5 Å². The van der Waals surface area contributed by atoms with Crippen molar-refractivity contribution >= 4 is 54.3 Å². The maximum absolute atomic E-state index is 13.6. The number of nitrogens with two attached hydrogens (primary N) is 1. The molecular formula is C39H42N7O10P. The Morgan fingerprint density at radius 1 is 1.14 bits per heavy atom. The van der Waals surface area contributed by atoms with Gasteiger partial charge in [-0.15, -0.1) is 0 Å². The topological polar surface area (TPSA) is 233 Å². The summed E-state index contributed by atoms with van der Waals surface area (Å²) in [5.74, 6) is -0.684. The van der Waals surface area contributed by atoms with Crippen LogP contribution in [0.5, 0.6) is 11.5 Å². The summed E-state index contributed by atoms with van der Waals surface area (Å²) in [5, 5.41) is 19.4. The third kappa shape index (κ3) is 8.06. The molecule has 5 aromatic rings. The van der Waals surface area contributed by atoms with E-state index in [-0.39, 0.29) is 54.1 Å². The number of hydrogen-bond acceptors (Lipinski definition) is 12. The number of rotatable bonds is 13. The minimum absolute atomic E-state index is 0.00963. The second kappa shape index (κ2) is 15.6. The minimum Gasteiger partial charge on any atom is -0.478 e. The number of nitrogens with zero attached hydrogens (tertiary/aromatic N) is 4. The quantitative estimate of drug-likeness (QED) is 0.0836. The van der Waals surface area contributed by atoms with Crippen LogP contribution in [0.15, 0.2) is 59.4 Å². The molecule has 3 aromatic carbocycles. The number of carbonyl (C=O) groups excluding carboxylic acids is 1. The Morgan fingerprint density at radius 2 is 1.93 bits per heavy atom. The standard InChI is InChI=1S/C39H42N7O10P/c1-20-8-11-24-28(15-20)54-29-17-22(45(2)3)10-13-25(29)33(24)26-16-21(9-12-23(26)38(49)50)36(47)41-14-6-7-27-34-35(42-39(40)43-37(34)48)46(44-27)32-18-30(56-57(5,51)52)31(55-32)19-53-4/h8-13,15-17,30-32H,1,6-7,14,18-19H2,2-5H3,(H,41,47)(H,49,50)(H,51,52)(H3,40,42,43,48). The summed E-state index contributed by atoms with van der Waals surface area (Å²) in [7, 11) is 1.40. The van der Waals surface area contributed by atoms with Crippen LogP contribution in [-0.2, 0) is 25.0 Å². The van der Waals surface area contributed by atoms with Gasteiger partial charge in [0.2, 0.25) is 5.95 Å². The number of benzene rings is 3. The molecule has 2 aromatic heterocycles. The molecule has 0 saturated carbocycles. The Labute approximate surface area is 325 Å². The number of methoxy groups -OCH3 is 1. The molecule has 17 nitrogen and oxygen atoms in total. The highest BCUT2D eigenvalue weighted by molar-refractivity contribution is 7.51. The smallest absolute Gasteiger partial charge is 0.336 e. The number of aryl methyl sites for hydroxylation is 1. The highest BCUT2D eigenvalue weighted by Crippen LogP contribution is 2.44. The van der Waals surface area contributed by atoms with Crippen LogP contribution in [0.4, 0.5) is 11.6 Å². The summed E-state index contributed by atoms with van der Waals surface area (Å²) in [6, 6.07) is 15.5. The lowest BCUT2D eigenvalue weighted by atomic mass is 9.88. The zero-order valence-corrected chi connectivity index (χ0v) is 32.5. The maximum Gasteiger partial charge on any atom is 0.336 e. The van der Waals surface area contributed by atoms with Gasteiger partial charge in [0.05, 0.1) is 17.9 Å². The molecule has 2 aliphatic heterocycles. The van der Waals surface area contributed by atoms with Gasteiger partial charge < -0.3 is 44.7 Å². The number of nitrogens with one attached hydrogen (secondary N) is 2. The third-order valence-corrected chi connectivity index (χ3v) is 10.4. The van der Waals surface area contributed by atoms with Crippen molar-refractivity contribution in [1.29, 1.82) is 0 Å².